The van der Waals surface area contributed by atoms with Crippen molar-refractivity contribution in [3.8, 4) is 0 Å². The lowest BCUT2D eigenvalue weighted by Crippen LogP contribution is -2.02. The lowest BCUT2D eigenvalue weighted by atomic mass is 9.87. The molecule has 0 amide bonds. The van der Waals surface area contributed by atoms with Crippen LogP contribution in [0.2, 0.25) is 0 Å². The van der Waals surface area contributed by atoms with Crippen LogP contribution in [0.5, 0.6) is 0 Å². The van der Waals surface area contributed by atoms with Crippen molar-refractivity contribution in [2.45, 2.75) is 24.7 Å². The molecule has 1 aromatic rings. The summed E-state index contributed by atoms with van der Waals surface area (Å²) in [4.78, 5) is 0. The van der Waals surface area contributed by atoms with E-state index < -0.39 is 0 Å². The minimum atomic E-state index is 0.968. The maximum atomic E-state index is 2.47. The third-order valence-corrected chi connectivity index (χ3v) is 3.95. The summed E-state index contributed by atoms with van der Waals surface area (Å²) in [6.07, 6.45) is 2.80. The number of rotatable bonds is 0. The zero-order valence-electron chi connectivity index (χ0n) is 6.15. The smallest absolute Gasteiger partial charge is 0.0142 e. The Labute approximate surface area is 65.2 Å². The van der Waals surface area contributed by atoms with Crippen LogP contribution in [0, 0.1) is 5.92 Å². The fourth-order valence-corrected chi connectivity index (χ4v) is 3.23. The topological polar surface area (TPSA) is 0 Å². The average molecular weight is 139 g/mol. The van der Waals surface area contributed by atoms with Crippen LogP contribution < -0.4 is 0 Å². The Morgan fingerprint density at radius 3 is 3.00 bits per heavy atom. The molecule has 5 rings (SSSR count). The van der Waals surface area contributed by atoms with Crippen molar-refractivity contribution in [2.75, 3.05) is 0 Å². The Kier molecular flexibility index (Phi) is 0.354. The number of benzene rings is 1. The molecule has 11 heavy (non-hydrogen) atoms. The third-order valence-electron chi connectivity index (χ3n) is 3.95. The minimum Gasteiger partial charge on any atom is -0.0546 e. The normalized spacial score (nSPS) is 37.8. The van der Waals surface area contributed by atoms with Crippen LogP contribution in [-0.2, 0) is 6.42 Å². The molecule has 0 N–H and O–H groups in total. The van der Waals surface area contributed by atoms with Crippen molar-refractivity contribution in [3.63, 3.8) is 0 Å². The summed E-state index contributed by atoms with van der Waals surface area (Å²) in [5.41, 5.74) is 8.69. The maximum absolute atomic E-state index is 2.47. The molecule has 4 aliphatic carbocycles. The molecular formula is C11H7. The molecule has 1 saturated carbocycles. The van der Waals surface area contributed by atoms with E-state index >= 15 is 0 Å². The van der Waals surface area contributed by atoms with Gasteiger partial charge in [0.05, 0.1) is 0 Å². The van der Waals surface area contributed by atoms with E-state index in [1.807, 2.05) is 0 Å². The van der Waals surface area contributed by atoms with Crippen LogP contribution >= 0.6 is 0 Å². The molecule has 0 aromatic heterocycles. The SMILES string of the molecule is c1c2c3c(c4c1[C]1CC14)C3C2. The van der Waals surface area contributed by atoms with Gasteiger partial charge in [-0.1, -0.05) is 6.07 Å². The van der Waals surface area contributed by atoms with E-state index in [9.17, 15) is 0 Å². The van der Waals surface area contributed by atoms with E-state index in [2.05, 4.69) is 6.07 Å². The molecule has 0 bridgehead atoms. The maximum Gasteiger partial charge on any atom is 0.0142 e. The second kappa shape index (κ2) is 0.906. The van der Waals surface area contributed by atoms with E-state index in [-0.39, 0.29) is 0 Å². The zero-order chi connectivity index (χ0) is 6.74. The van der Waals surface area contributed by atoms with Gasteiger partial charge in [-0.3, -0.25) is 0 Å². The fraction of sp³-hybridized carbons (Fsp3) is 0.364. The van der Waals surface area contributed by atoms with Crippen molar-refractivity contribution < 1.29 is 0 Å². The van der Waals surface area contributed by atoms with E-state index in [1.54, 1.807) is 33.7 Å². The predicted octanol–water partition coefficient (Wildman–Crippen LogP) is 2.11. The Balaban J connectivity index is 2.06. The molecule has 0 aliphatic heterocycles. The van der Waals surface area contributed by atoms with Gasteiger partial charge in [-0.15, -0.1) is 0 Å². The van der Waals surface area contributed by atoms with Crippen molar-refractivity contribution in [1.29, 1.82) is 0 Å². The largest absolute Gasteiger partial charge is 0.0546 e. The molecule has 51 valence electrons. The number of fused-ring (bicyclic) bond motifs is 6. The summed E-state index contributed by atoms with van der Waals surface area (Å²) < 4.78 is 0. The van der Waals surface area contributed by atoms with Gasteiger partial charge in [0.15, 0.2) is 0 Å². The van der Waals surface area contributed by atoms with Crippen molar-refractivity contribution in [1.82, 2.24) is 0 Å². The molecule has 2 atom stereocenters. The molecule has 1 radical (unpaired) electrons. The fourth-order valence-electron chi connectivity index (χ4n) is 3.23. The first kappa shape index (κ1) is 4.30. The first-order valence-corrected chi connectivity index (χ1v) is 4.51. The molecule has 1 fully saturated rings. The second-order valence-corrected chi connectivity index (χ2v) is 4.36. The molecule has 4 aliphatic rings. The lowest BCUT2D eigenvalue weighted by Gasteiger charge is -2.16. The highest BCUT2D eigenvalue weighted by Crippen LogP contribution is 2.73. The van der Waals surface area contributed by atoms with Gasteiger partial charge in [-0.05, 0) is 46.6 Å². The highest BCUT2D eigenvalue weighted by molar-refractivity contribution is 5.81. The number of hydrogen-bond acceptors (Lipinski definition) is 0. The second-order valence-electron chi connectivity index (χ2n) is 4.36. The summed E-state index contributed by atoms with van der Waals surface area (Å²) in [7, 11) is 0. The van der Waals surface area contributed by atoms with E-state index in [4.69, 9.17) is 0 Å². The van der Waals surface area contributed by atoms with Gasteiger partial charge in [0.1, 0.15) is 0 Å². The Morgan fingerprint density at radius 2 is 2.00 bits per heavy atom. The van der Waals surface area contributed by atoms with Crippen LogP contribution in [0.25, 0.3) is 0 Å². The molecule has 0 spiro atoms. The lowest BCUT2D eigenvalue weighted by molar-refractivity contribution is 0.869. The van der Waals surface area contributed by atoms with Crippen LogP contribution in [0.3, 0.4) is 0 Å². The highest BCUT2D eigenvalue weighted by Gasteiger charge is 2.60. The van der Waals surface area contributed by atoms with Gasteiger partial charge in [-0.2, -0.15) is 0 Å². The predicted molar refractivity (Wildman–Crippen MR) is 41.7 cm³/mol. The highest BCUT2D eigenvalue weighted by atomic mass is 14.6. The standard InChI is InChI=1S/C11H7/c1-4-2-8-9(4)11(8)10-6(1)5-3-7(5)10/h1,7-8H,2-3H2. The van der Waals surface area contributed by atoms with Crippen LogP contribution in [-0.4, -0.2) is 0 Å². The number of hydrogen-bond donors (Lipinski definition) is 0. The Bertz CT molecular complexity index is 428. The van der Waals surface area contributed by atoms with Gasteiger partial charge in [0.2, 0.25) is 0 Å². The van der Waals surface area contributed by atoms with Crippen molar-refractivity contribution in [2.24, 2.45) is 0 Å². The average Bonchev–Trinajstić information content (AvgIpc) is 2.71. The van der Waals surface area contributed by atoms with Gasteiger partial charge < -0.3 is 0 Å². The van der Waals surface area contributed by atoms with Crippen LogP contribution in [0.1, 0.15) is 46.1 Å². The van der Waals surface area contributed by atoms with Gasteiger partial charge in [-0.25, -0.2) is 0 Å². The van der Waals surface area contributed by atoms with Gasteiger partial charge in [0, 0.05) is 11.8 Å². The quantitative estimate of drug-likeness (QED) is 0.516. The van der Waals surface area contributed by atoms with Crippen LogP contribution in [0.4, 0.5) is 0 Å². The van der Waals surface area contributed by atoms with Gasteiger partial charge >= 0.3 is 0 Å². The van der Waals surface area contributed by atoms with E-state index in [0.717, 1.165) is 11.8 Å². The molecule has 0 heteroatoms. The molecule has 0 nitrogen and oxygen atoms in total. The zero-order valence-corrected chi connectivity index (χ0v) is 6.15. The summed E-state index contributed by atoms with van der Waals surface area (Å²) in [5.74, 6) is 3.71. The summed E-state index contributed by atoms with van der Waals surface area (Å²) in [6.45, 7) is 0. The van der Waals surface area contributed by atoms with Crippen LogP contribution in [0.15, 0.2) is 6.07 Å². The first-order valence-electron chi connectivity index (χ1n) is 4.51. The van der Waals surface area contributed by atoms with Gasteiger partial charge in [0.25, 0.3) is 0 Å². The molecule has 1 aromatic carbocycles. The third kappa shape index (κ3) is 0.257. The first-order chi connectivity index (χ1) is 5.45. The molecule has 0 heterocycles. The van der Waals surface area contributed by atoms with E-state index in [0.29, 0.717) is 0 Å². The molecule has 0 saturated heterocycles. The molecular weight excluding hydrogens is 132 g/mol. The molecule has 2 unspecified atom stereocenters. The summed E-state index contributed by atoms with van der Waals surface area (Å²) in [5, 5.41) is 0. The summed E-state index contributed by atoms with van der Waals surface area (Å²) in [6, 6.07) is 2.47. The Morgan fingerprint density at radius 1 is 1.00 bits per heavy atom. The Hall–Kier alpha value is -0.780. The minimum absolute atomic E-state index is 0.968. The van der Waals surface area contributed by atoms with Crippen molar-refractivity contribution >= 4 is 0 Å². The van der Waals surface area contributed by atoms with E-state index in [1.165, 1.54) is 12.8 Å². The summed E-state index contributed by atoms with van der Waals surface area (Å²) >= 11 is 0. The van der Waals surface area contributed by atoms with Crippen molar-refractivity contribution in [3.05, 3.63) is 39.8 Å². The monoisotopic (exact) mass is 139 g/mol.